The summed E-state index contributed by atoms with van der Waals surface area (Å²) in [5, 5.41) is 10.8. The summed E-state index contributed by atoms with van der Waals surface area (Å²) in [6, 6.07) is 4.22. The van der Waals surface area contributed by atoms with Crippen LogP contribution in [0, 0.1) is 0 Å². The number of carbonyl (C=O) groups excluding carboxylic acids is 1. The van der Waals surface area contributed by atoms with Crippen molar-refractivity contribution in [2.75, 3.05) is 25.1 Å². The van der Waals surface area contributed by atoms with Gasteiger partial charge >= 0.3 is 12.0 Å². The van der Waals surface area contributed by atoms with Crippen LogP contribution in [0.2, 0.25) is 0 Å². The molecule has 19 heavy (non-hydrogen) atoms. The van der Waals surface area contributed by atoms with Gasteiger partial charge in [-0.05, 0) is 12.1 Å². The lowest BCUT2D eigenvalue weighted by Gasteiger charge is -2.18. The fraction of sp³-hybridized carbons (Fsp3) is 0.273. The van der Waals surface area contributed by atoms with E-state index in [1.54, 1.807) is 18.2 Å². The molecule has 1 heterocycles. The SMILES string of the molecule is O=C(O)CONC(=O)Nc1ccc2c(c1)OCCO2. The van der Waals surface area contributed by atoms with Crippen molar-refractivity contribution in [1.29, 1.82) is 0 Å². The number of anilines is 1. The van der Waals surface area contributed by atoms with Gasteiger partial charge in [-0.3, -0.25) is 4.84 Å². The first kappa shape index (κ1) is 13.0. The Morgan fingerprint density at radius 2 is 2.00 bits per heavy atom. The van der Waals surface area contributed by atoms with Crippen molar-refractivity contribution in [1.82, 2.24) is 5.48 Å². The predicted octanol–water partition coefficient (Wildman–Crippen LogP) is 0.595. The lowest BCUT2D eigenvalue weighted by atomic mass is 10.2. The number of amides is 2. The number of nitrogens with one attached hydrogen (secondary N) is 2. The number of ether oxygens (including phenoxy) is 2. The lowest BCUT2D eigenvalue weighted by Crippen LogP contribution is -2.30. The summed E-state index contributed by atoms with van der Waals surface area (Å²) in [7, 11) is 0. The molecule has 1 aromatic rings. The molecule has 0 aliphatic carbocycles. The topological polar surface area (TPSA) is 106 Å². The monoisotopic (exact) mass is 268 g/mol. The lowest BCUT2D eigenvalue weighted by molar-refractivity contribution is -0.143. The van der Waals surface area contributed by atoms with Crippen molar-refractivity contribution in [2.45, 2.75) is 0 Å². The number of fused-ring (bicyclic) bond motifs is 1. The number of rotatable bonds is 4. The second kappa shape index (κ2) is 5.91. The molecule has 0 unspecified atom stereocenters. The third-order valence-electron chi connectivity index (χ3n) is 2.16. The van der Waals surface area contributed by atoms with Gasteiger partial charge in [0.25, 0.3) is 0 Å². The van der Waals surface area contributed by atoms with Crippen molar-refractivity contribution in [3.8, 4) is 11.5 Å². The maximum atomic E-state index is 11.3. The minimum atomic E-state index is -1.18. The van der Waals surface area contributed by atoms with Gasteiger partial charge in [-0.25, -0.2) is 15.1 Å². The summed E-state index contributed by atoms with van der Waals surface area (Å²) < 4.78 is 10.7. The summed E-state index contributed by atoms with van der Waals surface area (Å²) in [6.07, 6.45) is 0. The molecule has 0 atom stereocenters. The highest BCUT2D eigenvalue weighted by molar-refractivity contribution is 5.89. The van der Waals surface area contributed by atoms with Crippen LogP contribution in [0.5, 0.6) is 11.5 Å². The number of hydrogen-bond donors (Lipinski definition) is 3. The molecule has 0 bridgehead atoms. The van der Waals surface area contributed by atoms with Crippen molar-refractivity contribution >= 4 is 17.7 Å². The Balaban J connectivity index is 1.88. The standard InChI is InChI=1S/C11H12N2O6/c14-10(15)6-19-13-11(16)12-7-1-2-8-9(5-7)18-4-3-17-8/h1-2,5H,3-4,6H2,(H,14,15)(H2,12,13,16). The van der Waals surface area contributed by atoms with E-state index in [1.807, 2.05) is 5.48 Å². The van der Waals surface area contributed by atoms with E-state index in [0.717, 1.165) is 0 Å². The number of hydroxylamine groups is 1. The van der Waals surface area contributed by atoms with Crippen molar-refractivity contribution in [3.63, 3.8) is 0 Å². The van der Waals surface area contributed by atoms with E-state index in [9.17, 15) is 9.59 Å². The van der Waals surface area contributed by atoms with Gasteiger partial charge in [0.1, 0.15) is 13.2 Å². The Kier molecular flexibility index (Phi) is 4.04. The van der Waals surface area contributed by atoms with Crippen molar-refractivity contribution in [3.05, 3.63) is 18.2 Å². The van der Waals surface area contributed by atoms with E-state index < -0.39 is 18.6 Å². The summed E-state index contributed by atoms with van der Waals surface area (Å²) in [6.45, 7) is 0.322. The van der Waals surface area contributed by atoms with Crippen LogP contribution in [0.4, 0.5) is 10.5 Å². The van der Waals surface area contributed by atoms with E-state index in [0.29, 0.717) is 30.4 Å². The van der Waals surface area contributed by atoms with Gasteiger partial charge in [0.2, 0.25) is 0 Å². The highest BCUT2D eigenvalue weighted by atomic mass is 16.7. The molecule has 2 amide bonds. The zero-order valence-electron chi connectivity index (χ0n) is 9.84. The normalized spacial score (nSPS) is 12.6. The molecule has 0 fully saturated rings. The van der Waals surface area contributed by atoms with Gasteiger partial charge in [0.05, 0.1) is 0 Å². The highest BCUT2D eigenvalue weighted by Crippen LogP contribution is 2.32. The molecule has 2 rings (SSSR count). The molecule has 8 nitrogen and oxygen atoms in total. The Morgan fingerprint density at radius 3 is 2.74 bits per heavy atom. The predicted molar refractivity (Wildman–Crippen MR) is 63.2 cm³/mol. The van der Waals surface area contributed by atoms with Gasteiger partial charge in [-0.1, -0.05) is 0 Å². The first-order valence-electron chi connectivity index (χ1n) is 5.45. The maximum absolute atomic E-state index is 11.3. The summed E-state index contributed by atoms with van der Waals surface area (Å²) in [5.74, 6) is -0.0329. The number of urea groups is 1. The largest absolute Gasteiger partial charge is 0.486 e. The number of aliphatic carboxylic acids is 1. The molecule has 0 spiro atoms. The Morgan fingerprint density at radius 1 is 1.26 bits per heavy atom. The van der Waals surface area contributed by atoms with E-state index in [-0.39, 0.29) is 0 Å². The van der Waals surface area contributed by atoms with Gasteiger partial charge in [0, 0.05) is 11.8 Å². The van der Waals surface area contributed by atoms with Crippen LogP contribution in [-0.2, 0) is 9.63 Å². The van der Waals surface area contributed by atoms with Crippen LogP contribution in [0.1, 0.15) is 0 Å². The molecule has 0 radical (unpaired) electrons. The van der Waals surface area contributed by atoms with E-state index >= 15 is 0 Å². The van der Waals surface area contributed by atoms with Crippen LogP contribution in [0.3, 0.4) is 0 Å². The quantitative estimate of drug-likeness (QED) is 0.690. The summed E-state index contributed by atoms with van der Waals surface area (Å²) >= 11 is 0. The third-order valence-corrected chi connectivity index (χ3v) is 2.16. The second-order valence-corrected chi connectivity index (χ2v) is 3.60. The zero-order valence-corrected chi connectivity index (χ0v) is 9.84. The van der Waals surface area contributed by atoms with E-state index in [1.165, 1.54) is 0 Å². The van der Waals surface area contributed by atoms with Gasteiger partial charge in [-0.2, -0.15) is 0 Å². The molecular weight excluding hydrogens is 256 g/mol. The van der Waals surface area contributed by atoms with Crippen molar-refractivity contribution < 1.29 is 29.0 Å². The van der Waals surface area contributed by atoms with Gasteiger partial charge in [0.15, 0.2) is 18.1 Å². The fourth-order valence-corrected chi connectivity index (χ4v) is 1.44. The van der Waals surface area contributed by atoms with Gasteiger partial charge in [-0.15, -0.1) is 0 Å². The maximum Gasteiger partial charge on any atom is 0.343 e. The second-order valence-electron chi connectivity index (χ2n) is 3.60. The first-order chi connectivity index (χ1) is 9.15. The molecule has 0 saturated heterocycles. The molecule has 1 aromatic carbocycles. The third kappa shape index (κ3) is 3.75. The number of carboxylic acids is 1. The number of benzene rings is 1. The summed E-state index contributed by atoms with van der Waals surface area (Å²) in [4.78, 5) is 25.9. The highest BCUT2D eigenvalue weighted by Gasteiger charge is 2.12. The first-order valence-corrected chi connectivity index (χ1v) is 5.45. The Bertz CT molecular complexity index is 490. The molecule has 0 saturated carbocycles. The van der Waals surface area contributed by atoms with Crippen LogP contribution < -0.4 is 20.3 Å². The Hall–Kier alpha value is -2.48. The molecule has 1 aliphatic heterocycles. The number of hydrogen-bond acceptors (Lipinski definition) is 5. The smallest absolute Gasteiger partial charge is 0.343 e. The molecule has 3 N–H and O–H groups in total. The minimum absolute atomic E-state index is 0.449. The van der Waals surface area contributed by atoms with Crippen molar-refractivity contribution in [2.24, 2.45) is 0 Å². The van der Waals surface area contributed by atoms with Gasteiger partial charge < -0.3 is 19.9 Å². The molecule has 0 aromatic heterocycles. The summed E-state index contributed by atoms with van der Waals surface area (Å²) in [5.41, 5.74) is 2.41. The van der Waals surface area contributed by atoms with E-state index in [4.69, 9.17) is 14.6 Å². The van der Waals surface area contributed by atoms with Crippen LogP contribution >= 0.6 is 0 Å². The number of carboxylic acid groups (broad SMARTS) is 1. The fourth-order valence-electron chi connectivity index (χ4n) is 1.44. The van der Waals surface area contributed by atoms with Crippen LogP contribution in [0.15, 0.2) is 18.2 Å². The van der Waals surface area contributed by atoms with Crippen LogP contribution in [0.25, 0.3) is 0 Å². The van der Waals surface area contributed by atoms with Crippen LogP contribution in [-0.4, -0.2) is 36.9 Å². The molecular formula is C11H12N2O6. The molecule has 8 heteroatoms. The zero-order chi connectivity index (χ0) is 13.7. The average molecular weight is 268 g/mol. The average Bonchev–Trinajstić information content (AvgIpc) is 2.38. The minimum Gasteiger partial charge on any atom is -0.486 e. The number of carbonyl (C=O) groups is 2. The molecule has 1 aliphatic rings. The van der Waals surface area contributed by atoms with E-state index in [2.05, 4.69) is 10.2 Å². The Labute approximate surface area is 108 Å². The molecule has 102 valence electrons.